The van der Waals surface area contributed by atoms with Crippen molar-refractivity contribution in [3.05, 3.63) is 54.1 Å². The van der Waals surface area contributed by atoms with Crippen molar-refractivity contribution in [1.29, 1.82) is 0 Å². The minimum Gasteiger partial charge on any atom is -0.482 e. The fourth-order valence-corrected chi connectivity index (χ4v) is 1.68. The molecule has 0 aromatic heterocycles. The number of hydrogen-bond donors (Lipinski definition) is 2. The van der Waals surface area contributed by atoms with Gasteiger partial charge in [-0.25, -0.2) is 0 Å². The molecule has 4 heteroatoms. The van der Waals surface area contributed by atoms with Crippen LogP contribution in [0.2, 0.25) is 0 Å². The number of amides is 1. The molecule has 0 spiro atoms. The lowest BCUT2D eigenvalue weighted by atomic mass is 10.2. The lowest BCUT2D eigenvalue weighted by molar-refractivity contribution is -0.118. The standard InChI is InChI=1S/C15H16N2O2/c1-11-5-4-6-12(9-11)17-15(18)10-19-14-8-3-2-7-13(14)16/h2-9H,10,16H2,1H3,(H,17,18). The van der Waals surface area contributed by atoms with Crippen LogP contribution in [0.25, 0.3) is 0 Å². The number of para-hydroxylation sites is 2. The van der Waals surface area contributed by atoms with E-state index in [0.29, 0.717) is 11.4 Å². The molecule has 0 saturated carbocycles. The molecule has 0 radical (unpaired) electrons. The van der Waals surface area contributed by atoms with Crippen LogP contribution in [0.4, 0.5) is 11.4 Å². The van der Waals surface area contributed by atoms with Crippen LogP contribution in [0.3, 0.4) is 0 Å². The Labute approximate surface area is 112 Å². The highest BCUT2D eigenvalue weighted by Crippen LogP contribution is 2.19. The smallest absolute Gasteiger partial charge is 0.262 e. The van der Waals surface area contributed by atoms with Crippen molar-refractivity contribution in [3.8, 4) is 5.75 Å². The van der Waals surface area contributed by atoms with Crippen LogP contribution in [0, 0.1) is 6.92 Å². The van der Waals surface area contributed by atoms with E-state index in [4.69, 9.17) is 10.5 Å². The summed E-state index contributed by atoms with van der Waals surface area (Å²) in [5, 5.41) is 2.77. The number of nitrogens with one attached hydrogen (secondary N) is 1. The van der Waals surface area contributed by atoms with Gasteiger partial charge in [0.15, 0.2) is 6.61 Å². The molecule has 0 aliphatic rings. The summed E-state index contributed by atoms with van der Waals surface area (Å²) in [5.74, 6) is 0.302. The van der Waals surface area contributed by atoms with Gasteiger partial charge < -0.3 is 15.8 Å². The topological polar surface area (TPSA) is 64.3 Å². The molecular weight excluding hydrogens is 240 g/mol. The lowest BCUT2D eigenvalue weighted by Crippen LogP contribution is -2.20. The highest BCUT2D eigenvalue weighted by atomic mass is 16.5. The number of anilines is 2. The zero-order valence-corrected chi connectivity index (χ0v) is 10.7. The predicted molar refractivity (Wildman–Crippen MR) is 76.2 cm³/mol. The van der Waals surface area contributed by atoms with Crippen LogP contribution in [-0.2, 0) is 4.79 Å². The van der Waals surface area contributed by atoms with Gasteiger partial charge in [-0.05, 0) is 36.8 Å². The minimum atomic E-state index is -0.214. The Morgan fingerprint density at radius 1 is 1.21 bits per heavy atom. The maximum atomic E-state index is 11.7. The predicted octanol–water partition coefficient (Wildman–Crippen LogP) is 2.59. The monoisotopic (exact) mass is 256 g/mol. The van der Waals surface area contributed by atoms with E-state index in [-0.39, 0.29) is 12.5 Å². The molecular formula is C15H16N2O2. The fourth-order valence-electron chi connectivity index (χ4n) is 1.68. The normalized spacial score (nSPS) is 9.95. The van der Waals surface area contributed by atoms with Gasteiger partial charge in [-0.1, -0.05) is 24.3 Å². The van der Waals surface area contributed by atoms with Crippen molar-refractivity contribution in [1.82, 2.24) is 0 Å². The number of nitrogens with two attached hydrogens (primary N) is 1. The van der Waals surface area contributed by atoms with Gasteiger partial charge >= 0.3 is 0 Å². The molecule has 2 aromatic carbocycles. The van der Waals surface area contributed by atoms with Gasteiger partial charge in [-0.3, -0.25) is 4.79 Å². The summed E-state index contributed by atoms with van der Waals surface area (Å²) in [5.41, 5.74) is 8.09. The first-order valence-corrected chi connectivity index (χ1v) is 5.99. The fraction of sp³-hybridized carbons (Fsp3) is 0.133. The van der Waals surface area contributed by atoms with Gasteiger partial charge in [0.2, 0.25) is 0 Å². The molecule has 0 bridgehead atoms. The maximum Gasteiger partial charge on any atom is 0.262 e. The second kappa shape index (κ2) is 5.91. The first kappa shape index (κ1) is 13.0. The number of nitrogen functional groups attached to an aromatic ring is 1. The number of carbonyl (C=O) groups excluding carboxylic acids is 1. The Morgan fingerprint density at radius 3 is 2.74 bits per heavy atom. The third kappa shape index (κ3) is 3.74. The van der Waals surface area contributed by atoms with Gasteiger partial charge in [0.05, 0.1) is 5.69 Å². The summed E-state index contributed by atoms with van der Waals surface area (Å²) in [6, 6.07) is 14.7. The van der Waals surface area contributed by atoms with E-state index in [9.17, 15) is 4.79 Å². The Kier molecular flexibility index (Phi) is 4.03. The molecule has 0 atom stereocenters. The molecule has 3 N–H and O–H groups in total. The molecule has 4 nitrogen and oxygen atoms in total. The van der Waals surface area contributed by atoms with E-state index >= 15 is 0 Å². The van der Waals surface area contributed by atoms with Gasteiger partial charge in [0, 0.05) is 5.69 Å². The molecule has 19 heavy (non-hydrogen) atoms. The van der Waals surface area contributed by atoms with Crippen molar-refractivity contribution >= 4 is 17.3 Å². The molecule has 0 aliphatic heterocycles. The average molecular weight is 256 g/mol. The quantitative estimate of drug-likeness (QED) is 0.826. The van der Waals surface area contributed by atoms with Gasteiger partial charge in [-0.2, -0.15) is 0 Å². The van der Waals surface area contributed by atoms with Gasteiger partial charge in [0.1, 0.15) is 5.75 Å². The number of hydrogen-bond acceptors (Lipinski definition) is 3. The molecule has 0 fully saturated rings. The van der Waals surface area contributed by atoms with Crippen LogP contribution >= 0.6 is 0 Å². The molecule has 1 amide bonds. The van der Waals surface area contributed by atoms with Crippen LogP contribution < -0.4 is 15.8 Å². The second-order valence-electron chi connectivity index (χ2n) is 4.24. The summed E-state index contributed by atoms with van der Waals surface area (Å²) >= 11 is 0. The zero-order chi connectivity index (χ0) is 13.7. The van der Waals surface area contributed by atoms with Crippen LogP contribution in [0.15, 0.2) is 48.5 Å². The number of ether oxygens (including phenoxy) is 1. The van der Waals surface area contributed by atoms with Crippen LogP contribution in [-0.4, -0.2) is 12.5 Å². The molecule has 0 aliphatic carbocycles. The third-order valence-corrected chi connectivity index (χ3v) is 2.58. The van der Waals surface area contributed by atoms with Crippen LogP contribution in [0.1, 0.15) is 5.56 Å². The first-order valence-electron chi connectivity index (χ1n) is 5.99. The number of rotatable bonds is 4. The Hall–Kier alpha value is -2.49. The number of aryl methyl sites for hydroxylation is 1. The molecule has 98 valence electrons. The summed E-state index contributed by atoms with van der Waals surface area (Å²) in [6.07, 6.45) is 0. The maximum absolute atomic E-state index is 11.7. The van der Waals surface area contributed by atoms with Crippen molar-refractivity contribution in [2.24, 2.45) is 0 Å². The summed E-state index contributed by atoms with van der Waals surface area (Å²) < 4.78 is 5.36. The Balaban J connectivity index is 1.90. The van der Waals surface area contributed by atoms with Crippen LogP contribution in [0.5, 0.6) is 5.75 Å². The van der Waals surface area contributed by atoms with Crippen molar-refractivity contribution < 1.29 is 9.53 Å². The molecule has 2 rings (SSSR count). The molecule has 0 heterocycles. The van der Waals surface area contributed by atoms with E-state index in [0.717, 1.165) is 11.3 Å². The van der Waals surface area contributed by atoms with E-state index in [1.165, 1.54) is 0 Å². The number of carbonyl (C=O) groups is 1. The van der Waals surface area contributed by atoms with E-state index in [1.54, 1.807) is 12.1 Å². The van der Waals surface area contributed by atoms with Gasteiger partial charge in [-0.15, -0.1) is 0 Å². The van der Waals surface area contributed by atoms with Crippen molar-refractivity contribution in [2.45, 2.75) is 6.92 Å². The summed E-state index contributed by atoms with van der Waals surface area (Å²) in [4.78, 5) is 11.7. The minimum absolute atomic E-state index is 0.0673. The molecule has 0 saturated heterocycles. The van der Waals surface area contributed by atoms with Crippen molar-refractivity contribution in [3.63, 3.8) is 0 Å². The largest absolute Gasteiger partial charge is 0.482 e. The highest BCUT2D eigenvalue weighted by molar-refractivity contribution is 5.92. The SMILES string of the molecule is Cc1cccc(NC(=O)COc2ccccc2N)c1. The number of benzene rings is 2. The van der Waals surface area contributed by atoms with Crippen molar-refractivity contribution in [2.75, 3.05) is 17.7 Å². The lowest BCUT2D eigenvalue weighted by Gasteiger charge is -2.09. The molecule has 0 unspecified atom stereocenters. The van der Waals surface area contributed by atoms with Gasteiger partial charge in [0.25, 0.3) is 5.91 Å². The molecule has 2 aromatic rings. The zero-order valence-electron chi connectivity index (χ0n) is 10.7. The first-order chi connectivity index (χ1) is 9.15. The summed E-state index contributed by atoms with van der Waals surface area (Å²) in [7, 11) is 0. The average Bonchev–Trinajstić information content (AvgIpc) is 2.38. The Morgan fingerprint density at radius 2 is 2.00 bits per heavy atom. The second-order valence-corrected chi connectivity index (χ2v) is 4.24. The third-order valence-electron chi connectivity index (χ3n) is 2.58. The highest BCUT2D eigenvalue weighted by Gasteiger charge is 2.05. The van der Waals surface area contributed by atoms with E-state index in [2.05, 4.69) is 5.32 Å². The van der Waals surface area contributed by atoms with E-state index in [1.807, 2.05) is 43.3 Å². The van der Waals surface area contributed by atoms with E-state index < -0.39 is 0 Å². The Bertz CT molecular complexity index is 582. The summed E-state index contributed by atoms with van der Waals surface area (Å²) in [6.45, 7) is 1.90.